The van der Waals surface area contributed by atoms with Crippen molar-refractivity contribution in [3.05, 3.63) is 52.0 Å². The van der Waals surface area contributed by atoms with Crippen molar-refractivity contribution < 1.29 is 0 Å². The molecule has 0 aliphatic carbocycles. The minimum absolute atomic E-state index is 0.355. The minimum Gasteiger partial charge on any atom is -0.305 e. The Kier molecular flexibility index (Phi) is 4.50. The molecule has 1 unspecified atom stereocenters. The number of aromatic nitrogens is 1. The van der Waals surface area contributed by atoms with Crippen LogP contribution in [0, 0.1) is 0 Å². The topological polar surface area (TPSA) is 24.9 Å². The van der Waals surface area contributed by atoms with E-state index in [9.17, 15) is 0 Å². The summed E-state index contributed by atoms with van der Waals surface area (Å²) in [5, 5.41) is 5.58. The Labute approximate surface area is 113 Å². The average molecular weight is 260 g/mol. The van der Waals surface area contributed by atoms with Crippen molar-refractivity contribution in [2.75, 3.05) is 0 Å². The predicted molar refractivity (Wildman–Crippen MR) is 77.9 cm³/mol. The Morgan fingerprint density at radius 1 is 1.11 bits per heavy atom. The average Bonchev–Trinajstić information content (AvgIpc) is 2.89. The first-order chi connectivity index (χ1) is 8.66. The van der Waals surface area contributed by atoms with Crippen LogP contribution < -0.4 is 5.32 Å². The highest BCUT2D eigenvalue weighted by Gasteiger charge is 2.06. The van der Waals surface area contributed by atoms with Gasteiger partial charge in [0, 0.05) is 18.0 Å². The predicted octanol–water partition coefficient (Wildman–Crippen LogP) is 4.12. The van der Waals surface area contributed by atoms with Gasteiger partial charge >= 0.3 is 0 Å². The van der Waals surface area contributed by atoms with E-state index in [0.29, 0.717) is 12.0 Å². The molecule has 18 heavy (non-hydrogen) atoms. The van der Waals surface area contributed by atoms with E-state index in [2.05, 4.69) is 60.7 Å². The van der Waals surface area contributed by atoms with Crippen LogP contribution >= 0.6 is 11.3 Å². The first kappa shape index (κ1) is 13.2. The van der Waals surface area contributed by atoms with Crippen molar-refractivity contribution in [1.82, 2.24) is 10.3 Å². The number of nitrogens with zero attached hydrogens (tertiary/aromatic N) is 1. The Morgan fingerprint density at radius 3 is 2.33 bits per heavy atom. The summed E-state index contributed by atoms with van der Waals surface area (Å²) in [4.78, 5) is 4.28. The Balaban J connectivity index is 1.94. The van der Waals surface area contributed by atoms with Gasteiger partial charge in [0.05, 0.1) is 11.2 Å². The standard InChI is InChI=1S/C15H20N2S/c1-11(2)13-4-6-14(7-5-13)12(3)16-8-15-9-18-10-17-15/h4-7,9-12,16H,8H2,1-3H3. The van der Waals surface area contributed by atoms with Crippen LogP contribution in [-0.4, -0.2) is 4.98 Å². The third-order valence-corrected chi connectivity index (χ3v) is 3.81. The quantitative estimate of drug-likeness (QED) is 0.875. The van der Waals surface area contributed by atoms with Crippen LogP contribution in [0.4, 0.5) is 0 Å². The van der Waals surface area contributed by atoms with Crippen LogP contribution in [0.15, 0.2) is 35.2 Å². The van der Waals surface area contributed by atoms with Crippen molar-refractivity contribution in [1.29, 1.82) is 0 Å². The Bertz CT molecular complexity index is 460. The second-order valence-corrected chi connectivity index (χ2v) is 5.62. The summed E-state index contributed by atoms with van der Waals surface area (Å²) in [6, 6.07) is 9.23. The molecule has 3 heteroatoms. The molecule has 1 aromatic carbocycles. The summed E-state index contributed by atoms with van der Waals surface area (Å²) in [5.74, 6) is 0.595. The third-order valence-electron chi connectivity index (χ3n) is 3.18. The maximum Gasteiger partial charge on any atom is 0.0795 e. The molecule has 0 saturated carbocycles. The van der Waals surface area contributed by atoms with Gasteiger partial charge in [0.15, 0.2) is 0 Å². The van der Waals surface area contributed by atoms with E-state index in [1.54, 1.807) is 11.3 Å². The van der Waals surface area contributed by atoms with Gasteiger partial charge in [0.1, 0.15) is 0 Å². The zero-order chi connectivity index (χ0) is 13.0. The van der Waals surface area contributed by atoms with Gasteiger partial charge in [0.25, 0.3) is 0 Å². The fourth-order valence-corrected chi connectivity index (χ4v) is 2.43. The molecule has 1 heterocycles. The summed E-state index contributed by atoms with van der Waals surface area (Å²) < 4.78 is 0. The maximum absolute atomic E-state index is 4.28. The Morgan fingerprint density at radius 2 is 1.78 bits per heavy atom. The fourth-order valence-electron chi connectivity index (χ4n) is 1.87. The molecular weight excluding hydrogens is 240 g/mol. The van der Waals surface area contributed by atoms with E-state index in [0.717, 1.165) is 12.2 Å². The maximum atomic E-state index is 4.28. The van der Waals surface area contributed by atoms with Gasteiger partial charge in [-0.3, -0.25) is 0 Å². The summed E-state index contributed by atoms with van der Waals surface area (Å²) in [6.07, 6.45) is 0. The van der Waals surface area contributed by atoms with Gasteiger partial charge in [-0.2, -0.15) is 0 Å². The molecule has 0 fully saturated rings. The second kappa shape index (κ2) is 6.12. The summed E-state index contributed by atoms with van der Waals surface area (Å²) in [6.45, 7) is 7.46. The molecule has 96 valence electrons. The largest absolute Gasteiger partial charge is 0.305 e. The highest BCUT2D eigenvalue weighted by Crippen LogP contribution is 2.18. The number of hydrogen-bond donors (Lipinski definition) is 1. The van der Waals surface area contributed by atoms with Gasteiger partial charge in [-0.05, 0) is 24.0 Å². The molecule has 1 aromatic heterocycles. The highest BCUT2D eigenvalue weighted by molar-refractivity contribution is 7.07. The summed E-state index contributed by atoms with van der Waals surface area (Å²) >= 11 is 1.64. The first-order valence-electron chi connectivity index (χ1n) is 6.37. The van der Waals surface area contributed by atoms with Crippen LogP contribution in [0.5, 0.6) is 0 Å². The summed E-state index contributed by atoms with van der Waals surface area (Å²) in [7, 11) is 0. The molecular formula is C15H20N2S. The number of hydrogen-bond acceptors (Lipinski definition) is 3. The zero-order valence-corrected chi connectivity index (χ0v) is 12.0. The van der Waals surface area contributed by atoms with Crippen molar-refractivity contribution in [3.8, 4) is 0 Å². The summed E-state index contributed by atoms with van der Waals surface area (Å²) in [5.41, 5.74) is 5.71. The van der Waals surface area contributed by atoms with Crippen molar-refractivity contribution in [2.45, 2.75) is 39.3 Å². The molecule has 2 aromatic rings. The van der Waals surface area contributed by atoms with Gasteiger partial charge in [-0.15, -0.1) is 11.3 Å². The van der Waals surface area contributed by atoms with E-state index in [-0.39, 0.29) is 0 Å². The van der Waals surface area contributed by atoms with Crippen molar-refractivity contribution in [3.63, 3.8) is 0 Å². The van der Waals surface area contributed by atoms with E-state index < -0.39 is 0 Å². The monoisotopic (exact) mass is 260 g/mol. The van der Waals surface area contributed by atoms with E-state index in [1.165, 1.54) is 11.1 Å². The van der Waals surface area contributed by atoms with Gasteiger partial charge in [-0.25, -0.2) is 4.98 Å². The SMILES string of the molecule is CC(C)c1ccc(C(C)NCc2cscn2)cc1. The lowest BCUT2D eigenvalue weighted by Gasteiger charge is -2.14. The van der Waals surface area contributed by atoms with Crippen molar-refractivity contribution >= 4 is 11.3 Å². The third kappa shape index (κ3) is 3.40. The lowest BCUT2D eigenvalue weighted by molar-refractivity contribution is 0.569. The number of rotatable bonds is 5. The van der Waals surface area contributed by atoms with E-state index in [4.69, 9.17) is 0 Å². The molecule has 0 aliphatic heterocycles. The van der Waals surface area contributed by atoms with Crippen LogP contribution in [-0.2, 0) is 6.54 Å². The molecule has 2 nitrogen and oxygen atoms in total. The second-order valence-electron chi connectivity index (χ2n) is 4.90. The van der Waals surface area contributed by atoms with Gasteiger partial charge < -0.3 is 5.32 Å². The zero-order valence-electron chi connectivity index (χ0n) is 11.2. The molecule has 0 amide bonds. The Hall–Kier alpha value is -1.19. The molecule has 2 rings (SSSR count). The van der Waals surface area contributed by atoms with E-state index >= 15 is 0 Å². The highest BCUT2D eigenvalue weighted by atomic mass is 32.1. The number of nitrogens with one attached hydrogen (secondary N) is 1. The molecule has 1 atom stereocenters. The number of benzene rings is 1. The van der Waals surface area contributed by atoms with Gasteiger partial charge in [0.2, 0.25) is 0 Å². The smallest absolute Gasteiger partial charge is 0.0795 e. The molecule has 1 N–H and O–H groups in total. The molecule has 0 radical (unpaired) electrons. The van der Waals surface area contributed by atoms with Gasteiger partial charge in [-0.1, -0.05) is 38.1 Å². The van der Waals surface area contributed by atoms with Crippen LogP contribution in [0.2, 0.25) is 0 Å². The lowest BCUT2D eigenvalue weighted by atomic mass is 9.99. The molecule has 0 spiro atoms. The van der Waals surface area contributed by atoms with E-state index in [1.807, 2.05) is 5.51 Å². The van der Waals surface area contributed by atoms with Crippen molar-refractivity contribution in [2.24, 2.45) is 0 Å². The normalized spacial score (nSPS) is 12.9. The molecule has 0 saturated heterocycles. The number of thiazole rings is 1. The molecule has 0 aliphatic rings. The van der Waals surface area contributed by atoms with Crippen LogP contribution in [0.1, 0.15) is 49.6 Å². The van der Waals surface area contributed by atoms with Crippen LogP contribution in [0.3, 0.4) is 0 Å². The minimum atomic E-state index is 0.355. The first-order valence-corrected chi connectivity index (χ1v) is 7.31. The molecule has 0 bridgehead atoms. The lowest BCUT2D eigenvalue weighted by Crippen LogP contribution is -2.18. The fraction of sp³-hybridized carbons (Fsp3) is 0.400. The van der Waals surface area contributed by atoms with Crippen LogP contribution in [0.25, 0.3) is 0 Å².